The molecule has 4 aromatic rings. The van der Waals surface area contributed by atoms with Gasteiger partial charge in [-0.15, -0.1) is 0 Å². The van der Waals surface area contributed by atoms with Gasteiger partial charge in [0.15, 0.2) is 0 Å². The van der Waals surface area contributed by atoms with Crippen LogP contribution in [0.5, 0.6) is 17.2 Å². The summed E-state index contributed by atoms with van der Waals surface area (Å²) in [5.41, 5.74) is 8.34. The maximum atomic E-state index is 11.1. The van der Waals surface area contributed by atoms with Crippen LogP contribution >= 0.6 is 0 Å². The van der Waals surface area contributed by atoms with Gasteiger partial charge >= 0.3 is 0 Å². The van der Waals surface area contributed by atoms with Gasteiger partial charge < -0.3 is 25.1 Å². The van der Waals surface area contributed by atoms with Gasteiger partial charge in [0, 0.05) is 25.4 Å². The van der Waals surface area contributed by atoms with Gasteiger partial charge in [0.25, 0.3) is 0 Å². The SMILES string of the molecule is COc1ccccc1Nc1nc2cc(Oc3ccnc(CC(N)=O)c3)ccc2n1C. The van der Waals surface area contributed by atoms with Crippen LogP contribution in [0.3, 0.4) is 0 Å². The number of nitrogens with one attached hydrogen (secondary N) is 1. The molecule has 2 aromatic heterocycles. The molecule has 0 spiro atoms. The van der Waals surface area contributed by atoms with Gasteiger partial charge in [-0.25, -0.2) is 4.98 Å². The number of anilines is 2. The highest BCUT2D eigenvalue weighted by molar-refractivity contribution is 5.81. The van der Waals surface area contributed by atoms with Crippen molar-refractivity contribution in [2.75, 3.05) is 12.4 Å². The highest BCUT2D eigenvalue weighted by Gasteiger charge is 2.12. The lowest BCUT2D eigenvalue weighted by Crippen LogP contribution is -2.14. The first-order valence-electron chi connectivity index (χ1n) is 9.31. The first kappa shape index (κ1) is 19.3. The molecule has 0 atom stereocenters. The Morgan fingerprint density at radius 1 is 1.13 bits per heavy atom. The van der Waals surface area contributed by atoms with E-state index in [1.165, 1.54) is 0 Å². The summed E-state index contributed by atoms with van der Waals surface area (Å²) in [5.74, 6) is 2.17. The summed E-state index contributed by atoms with van der Waals surface area (Å²) < 4.78 is 13.3. The van der Waals surface area contributed by atoms with Crippen molar-refractivity contribution in [3.63, 3.8) is 0 Å². The second-order valence-corrected chi connectivity index (χ2v) is 6.70. The number of amides is 1. The standard InChI is InChI=1S/C22H21N5O3/c1-27-19-8-7-15(30-16-9-10-24-14(11-16)12-21(23)28)13-18(19)26-22(27)25-17-5-3-4-6-20(17)29-2/h3-11,13H,12H2,1-2H3,(H2,23,28)(H,25,26). The van der Waals surface area contributed by atoms with Gasteiger partial charge in [0.2, 0.25) is 11.9 Å². The van der Waals surface area contributed by atoms with Crippen molar-refractivity contribution in [2.24, 2.45) is 12.8 Å². The van der Waals surface area contributed by atoms with Crippen molar-refractivity contribution in [1.29, 1.82) is 0 Å². The van der Waals surface area contributed by atoms with Gasteiger partial charge in [0.05, 0.1) is 35.9 Å². The quantitative estimate of drug-likeness (QED) is 0.489. The van der Waals surface area contributed by atoms with Gasteiger partial charge in [-0.1, -0.05) is 12.1 Å². The van der Waals surface area contributed by atoms with Gasteiger partial charge in [-0.2, -0.15) is 0 Å². The summed E-state index contributed by atoms with van der Waals surface area (Å²) in [7, 11) is 3.57. The Balaban J connectivity index is 1.60. The number of imidazole rings is 1. The largest absolute Gasteiger partial charge is 0.495 e. The third-order valence-electron chi connectivity index (χ3n) is 4.58. The number of para-hydroxylation sites is 2. The number of ether oxygens (including phenoxy) is 2. The Bertz CT molecular complexity index is 1220. The zero-order chi connectivity index (χ0) is 21.1. The molecule has 30 heavy (non-hydrogen) atoms. The van der Waals surface area contributed by atoms with Crippen molar-refractivity contribution in [3.8, 4) is 17.2 Å². The maximum absolute atomic E-state index is 11.1. The van der Waals surface area contributed by atoms with Gasteiger partial charge in [-0.05, 0) is 30.3 Å². The van der Waals surface area contributed by atoms with Crippen LogP contribution in [0.25, 0.3) is 11.0 Å². The smallest absolute Gasteiger partial charge is 0.223 e. The predicted molar refractivity (Wildman–Crippen MR) is 114 cm³/mol. The molecule has 0 radical (unpaired) electrons. The fraction of sp³-hybridized carbons (Fsp3) is 0.136. The van der Waals surface area contributed by atoms with Crippen LogP contribution < -0.4 is 20.5 Å². The minimum absolute atomic E-state index is 0.0639. The molecule has 0 aliphatic heterocycles. The van der Waals surface area contributed by atoms with E-state index in [4.69, 9.17) is 15.2 Å². The number of fused-ring (bicyclic) bond motifs is 1. The summed E-state index contributed by atoms with van der Waals surface area (Å²) in [6.07, 6.45) is 1.65. The average molecular weight is 403 g/mol. The van der Waals surface area contributed by atoms with E-state index in [1.54, 1.807) is 25.4 Å². The topological polar surface area (TPSA) is 104 Å². The lowest BCUT2D eigenvalue weighted by molar-refractivity contribution is -0.117. The van der Waals surface area contributed by atoms with Crippen LogP contribution in [0.2, 0.25) is 0 Å². The molecule has 0 aliphatic rings. The molecule has 0 fully saturated rings. The lowest BCUT2D eigenvalue weighted by atomic mass is 10.2. The molecule has 2 heterocycles. The molecular weight excluding hydrogens is 382 g/mol. The zero-order valence-corrected chi connectivity index (χ0v) is 16.6. The summed E-state index contributed by atoms with van der Waals surface area (Å²) in [6.45, 7) is 0. The van der Waals surface area contributed by atoms with Crippen molar-refractivity contribution >= 4 is 28.6 Å². The second kappa shape index (κ2) is 8.12. The Morgan fingerprint density at radius 3 is 2.73 bits per heavy atom. The molecule has 2 aromatic carbocycles. The second-order valence-electron chi connectivity index (χ2n) is 6.70. The maximum Gasteiger partial charge on any atom is 0.223 e. The summed E-state index contributed by atoms with van der Waals surface area (Å²) in [4.78, 5) is 19.9. The normalized spacial score (nSPS) is 10.7. The monoisotopic (exact) mass is 403 g/mol. The van der Waals surface area contributed by atoms with E-state index in [0.29, 0.717) is 23.1 Å². The molecule has 0 bridgehead atoms. The molecule has 152 valence electrons. The number of benzene rings is 2. The number of nitrogens with zero attached hydrogens (tertiary/aromatic N) is 3. The van der Waals surface area contributed by atoms with Crippen molar-refractivity contribution < 1.29 is 14.3 Å². The van der Waals surface area contributed by atoms with Crippen molar-refractivity contribution in [2.45, 2.75) is 6.42 Å². The molecule has 0 aliphatic carbocycles. The van der Waals surface area contributed by atoms with Crippen LogP contribution in [-0.2, 0) is 18.3 Å². The van der Waals surface area contributed by atoms with Crippen LogP contribution in [0.1, 0.15) is 5.69 Å². The van der Waals surface area contributed by atoms with E-state index < -0.39 is 5.91 Å². The third kappa shape index (κ3) is 4.02. The van der Waals surface area contributed by atoms with E-state index in [1.807, 2.05) is 54.1 Å². The van der Waals surface area contributed by atoms with Crippen LogP contribution in [-0.4, -0.2) is 27.6 Å². The van der Waals surface area contributed by atoms with Crippen LogP contribution in [0, 0.1) is 0 Å². The first-order valence-corrected chi connectivity index (χ1v) is 9.31. The van der Waals surface area contributed by atoms with Crippen LogP contribution in [0.15, 0.2) is 60.8 Å². The number of nitrogens with two attached hydrogens (primary N) is 1. The molecule has 4 rings (SSSR count). The molecule has 3 N–H and O–H groups in total. The summed E-state index contributed by atoms with van der Waals surface area (Å²) in [6, 6.07) is 16.7. The minimum atomic E-state index is -0.440. The lowest BCUT2D eigenvalue weighted by Gasteiger charge is -2.10. The predicted octanol–water partition coefficient (Wildman–Crippen LogP) is 3.54. The highest BCUT2D eigenvalue weighted by Crippen LogP contribution is 2.30. The fourth-order valence-electron chi connectivity index (χ4n) is 3.15. The molecule has 0 saturated heterocycles. The van der Waals surface area contributed by atoms with Gasteiger partial charge in [0.1, 0.15) is 17.2 Å². The number of aromatic nitrogens is 3. The molecule has 8 heteroatoms. The Labute approximate surface area is 173 Å². The number of methoxy groups -OCH3 is 1. The van der Waals surface area contributed by atoms with E-state index in [9.17, 15) is 4.79 Å². The molecule has 0 unspecified atom stereocenters. The van der Waals surface area contributed by atoms with Crippen molar-refractivity contribution in [3.05, 3.63) is 66.5 Å². The number of carbonyl (C=O) groups excluding carboxylic acids is 1. The summed E-state index contributed by atoms with van der Waals surface area (Å²) in [5, 5.41) is 3.31. The number of pyridine rings is 1. The number of rotatable bonds is 7. The average Bonchev–Trinajstić information content (AvgIpc) is 3.03. The number of hydrogen-bond acceptors (Lipinski definition) is 6. The summed E-state index contributed by atoms with van der Waals surface area (Å²) >= 11 is 0. The first-order chi connectivity index (χ1) is 14.5. The highest BCUT2D eigenvalue weighted by atomic mass is 16.5. The molecule has 1 amide bonds. The zero-order valence-electron chi connectivity index (χ0n) is 16.6. The number of carbonyl (C=O) groups is 1. The van der Waals surface area contributed by atoms with E-state index in [0.717, 1.165) is 22.5 Å². The van der Waals surface area contributed by atoms with Crippen LogP contribution in [0.4, 0.5) is 11.6 Å². The Morgan fingerprint density at radius 2 is 1.93 bits per heavy atom. The molecular formula is C22H21N5O3. The fourth-order valence-corrected chi connectivity index (χ4v) is 3.15. The van der Waals surface area contributed by atoms with E-state index >= 15 is 0 Å². The van der Waals surface area contributed by atoms with Gasteiger partial charge in [-0.3, -0.25) is 9.78 Å². The minimum Gasteiger partial charge on any atom is -0.495 e. The number of aryl methyl sites for hydroxylation is 1. The molecule has 0 saturated carbocycles. The Kier molecular flexibility index (Phi) is 5.21. The number of primary amides is 1. The third-order valence-corrected chi connectivity index (χ3v) is 4.58. The van der Waals surface area contributed by atoms with E-state index in [2.05, 4.69) is 15.3 Å². The molecule has 8 nitrogen and oxygen atoms in total. The van der Waals surface area contributed by atoms with Crippen molar-refractivity contribution in [1.82, 2.24) is 14.5 Å². The number of hydrogen-bond donors (Lipinski definition) is 2. The Hall–Kier alpha value is -4.07. The van der Waals surface area contributed by atoms with E-state index in [-0.39, 0.29) is 6.42 Å².